The number of nitrogens with zero attached hydrogens (tertiary/aromatic N) is 2. The number of piperazine rings is 1. The minimum Gasteiger partial charge on any atom is -0.494 e. The molecule has 7 heteroatoms. The van der Waals surface area contributed by atoms with Crippen LogP contribution in [0.2, 0.25) is 5.02 Å². The van der Waals surface area contributed by atoms with Gasteiger partial charge in [-0.25, -0.2) is 0 Å². The Morgan fingerprint density at radius 3 is 2.48 bits per heavy atom. The van der Waals surface area contributed by atoms with Gasteiger partial charge in [0.15, 0.2) is 0 Å². The number of benzene rings is 2. The first kappa shape index (κ1) is 23.6. The minimum absolute atomic E-state index is 0.00912. The second kappa shape index (κ2) is 11.5. The molecule has 0 bridgehead atoms. The summed E-state index contributed by atoms with van der Waals surface area (Å²) in [5, 5.41) is 3.77. The fourth-order valence-electron chi connectivity index (χ4n) is 3.91. The van der Waals surface area contributed by atoms with E-state index in [2.05, 4.69) is 33.3 Å². The van der Waals surface area contributed by atoms with Gasteiger partial charge in [0.05, 0.1) is 22.2 Å². The lowest BCUT2D eigenvalue weighted by Crippen LogP contribution is -2.46. The molecular formula is C26H30ClN3O2S. The third-order valence-electron chi connectivity index (χ3n) is 5.73. The number of carbonyl (C=O) groups is 1. The molecule has 0 atom stereocenters. The maximum atomic E-state index is 12.0. The average Bonchev–Trinajstić information content (AvgIpc) is 3.27. The molecule has 0 aliphatic carbocycles. The fraction of sp³-hybridized carbons (Fsp3) is 0.346. The molecule has 174 valence electrons. The van der Waals surface area contributed by atoms with E-state index in [0.717, 1.165) is 65.4 Å². The molecule has 1 amide bonds. The SMILES string of the molecule is Cc1ccc(C(=O)NCCCOc2ccc(CN3CCN(c4ccccc4Cl)CC3)cc2)s1. The van der Waals surface area contributed by atoms with Crippen molar-refractivity contribution in [3.8, 4) is 5.75 Å². The summed E-state index contributed by atoms with van der Waals surface area (Å²) in [4.78, 5) is 18.8. The zero-order chi connectivity index (χ0) is 23.0. The fourth-order valence-corrected chi connectivity index (χ4v) is 4.95. The van der Waals surface area contributed by atoms with E-state index >= 15 is 0 Å². The smallest absolute Gasteiger partial charge is 0.261 e. The van der Waals surface area contributed by atoms with Crippen LogP contribution in [0.1, 0.15) is 26.5 Å². The third-order valence-corrected chi connectivity index (χ3v) is 7.05. The van der Waals surface area contributed by atoms with Crippen LogP contribution in [0.25, 0.3) is 0 Å². The Hall–Kier alpha value is -2.54. The molecule has 3 aromatic rings. The Balaban J connectivity index is 1.14. The minimum atomic E-state index is -0.00912. The van der Waals surface area contributed by atoms with Crippen LogP contribution >= 0.6 is 22.9 Å². The first-order valence-corrected chi connectivity index (χ1v) is 12.6. The normalized spacial score (nSPS) is 14.3. The van der Waals surface area contributed by atoms with Crippen molar-refractivity contribution in [3.05, 3.63) is 81.0 Å². The van der Waals surface area contributed by atoms with Gasteiger partial charge in [0.25, 0.3) is 5.91 Å². The summed E-state index contributed by atoms with van der Waals surface area (Å²) in [5.74, 6) is 0.854. The molecule has 1 N–H and O–H groups in total. The highest BCUT2D eigenvalue weighted by Gasteiger charge is 2.18. The van der Waals surface area contributed by atoms with Crippen LogP contribution in [-0.4, -0.2) is 50.1 Å². The van der Waals surface area contributed by atoms with Gasteiger partial charge in [-0.2, -0.15) is 0 Å². The molecule has 1 aromatic heterocycles. The summed E-state index contributed by atoms with van der Waals surface area (Å²) in [5.41, 5.74) is 2.41. The predicted molar refractivity (Wildman–Crippen MR) is 137 cm³/mol. The van der Waals surface area contributed by atoms with Crippen molar-refractivity contribution in [1.29, 1.82) is 0 Å². The molecule has 1 saturated heterocycles. The lowest BCUT2D eigenvalue weighted by atomic mass is 10.2. The van der Waals surface area contributed by atoms with Gasteiger partial charge in [0.1, 0.15) is 5.75 Å². The standard InChI is InChI=1S/C26H30ClN3O2S/c1-20-7-12-25(33-20)26(31)28-13-4-18-32-22-10-8-21(9-11-22)19-29-14-16-30(17-15-29)24-6-3-2-5-23(24)27/h2-3,5-12H,4,13-19H2,1H3,(H,28,31). The van der Waals surface area contributed by atoms with Crippen molar-refractivity contribution in [2.45, 2.75) is 19.9 Å². The van der Waals surface area contributed by atoms with E-state index in [1.54, 1.807) is 0 Å². The number of para-hydroxylation sites is 1. The molecule has 0 saturated carbocycles. The highest BCUT2D eigenvalue weighted by molar-refractivity contribution is 7.13. The first-order chi connectivity index (χ1) is 16.1. The molecule has 1 fully saturated rings. The van der Waals surface area contributed by atoms with Crippen LogP contribution in [-0.2, 0) is 6.54 Å². The topological polar surface area (TPSA) is 44.8 Å². The molecule has 33 heavy (non-hydrogen) atoms. The molecule has 1 aliphatic heterocycles. The molecular weight excluding hydrogens is 454 g/mol. The summed E-state index contributed by atoms with van der Waals surface area (Å²) in [6.07, 6.45) is 0.771. The van der Waals surface area contributed by atoms with Gasteiger partial charge >= 0.3 is 0 Å². The number of amides is 1. The summed E-state index contributed by atoms with van der Waals surface area (Å²) in [7, 11) is 0. The van der Waals surface area contributed by atoms with Crippen LogP contribution in [0.5, 0.6) is 5.75 Å². The van der Waals surface area contributed by atoms with E-state index in [1.807, 2.05) is 49.4 Å². The van der Waals surface area contributed by atoms with Crippen molar-refractivity contribution in [2.24, 2.45) is 0 Å². The maximum Gasteiger partial charge on any atom is 0.261 e. The van der Waals surface area contributed by atoms with Crippen LogP contribution in [0.15, 0.2) is 60.7 Å². The van der Waals surface area contributed by atoms with Crippen molar-refractivity contribution in [1.82, 2.24) is 10.2 Å². The quantitative estimate of drug-likeness (QED) is 0.423. The number of nitrogens with one attached hydrogen (secondary N) is 1. The number of carbonyl (C=O) groups excluding carboxylic acids is 1. The third kappa shape index (κ3) is 6.73. The van der Waals surface area contributed by atoms with Crippen molar-refractivity contribution >= 4 is 34.5 Å². The second-order valence-electron chi connectivity index (χ2n) is 8.23. The van der Waals surface area contributed by atoms with Gasteiger partial charge in [0, 0.05) is 44.1 Å². The molecule has 0 radical (unpaired) electrons. The van der Waals surface area contributed by atoms with Gasteiger partial charge in [-0.15, -0.1) is 11.3 Å². The lowest BCUT2D eigenvalue weighted by molar-refractivity contribution is 0.0955. The summed E-state index contributed by atoms with van der Waals surface area (Å²) in [6, 6.07) is 20.2. The zero-order valence-corrected chi connectivity index (χ0v) is 20.5. The number of aryl methyl sites for hydroxylation is 1. The highest BCUT2D eigenvalue weighted by Crippen LogP contribution is 2.26. The number of ether oxygens (including phenoxy) is 1. The number of rotatable bonds is 9. The van der Waals surface area contributed by atoms with E-state index in [4.69, 9.17) is 16.3 Å². The Bertz CT molecular complexity index is 1050. The summed E-state index contributed by atoms with van der Waals surface area (Å²) in [6.45, 7) is 8.11. The van der Waals surface area contributed by atoms with Gasteiger partial charge in [-0.1, -0.05) is 35.9 Å². The average molecular weight is 484 g/mol. The van der Waals surface area contributed by atoms with E-state index in [0.29, 0.717) is 13.2 Å². The maximum absolute atomic E-state index is 12.0. The van der Waals surface area contributed by atoms with Crippen LogP contribution in [0, 0.1) is 6.92 Å². The monoisotopic (exact) mass is 483 g/mol. The number of halogens is 1. The highest BCUT2D eigenvalue weighted by atomic mass is 35.5. The molecule has 4 rings (SSSR count). The van der Waals surface area contributed by atoms with Crippen molar-refractivity contribution in [3.63, 3.8) is 0 Å². The summed E-state index contributed by atoms with van der Waals surface area (Å²) < 4.78 is 5.84. The van der Waals surface area contributed by atoms with E-state index in [1.165, 1.54) is 16.9 Å². The Morgan fingerprint density at radius 2 is 1.79 bits per heavy atom. The Kier molecular flexibility index (Phi) is 8.26. The molecule has 2 heterocycles. The number of hydrogen-bond donors (Lipinski definition) is 1. The Labute approximate surface area is 204 Å². The number of hydrogen-bond acceptors (Lipinski definition) is 5. The van der Waals surface area contributed by atoms with Crippen LogP contribution in [0.3, 0.4) is 0 Å². The largest absolute Gasteiger partial charge is 0.494 e. The Morgan fingerprint density at radius 1 is 1.03 bits per heavy atom. The molecule has 0 unspecified atom stereocenters. The number of anilines is 1. The molecule has 2 aromatic carbocycles. The summed E-state index contributed by atoms with van der Waals surface area (Å²) >= 11 is 7.86. The van der Waals surface area contributed by atoms with Gasteiger partial charge in [0.2, 0.25) is 0 Å². The lowest BCUT2D eigenvalue weighted by Gasteiger charge is -2.36. The predicted octanol–water partition coefficient (Wildman–Crippen LogP) is 5.23. The van der Waals surface area contributed by atoms with Gasteiger partial charge in [-0.05, 0) is 55.3 Å². The first-order valence-electron chi connectivity index (χ1n) is 11.4. The van der Waals surface area contributed by atoms with Crippen LogP contribution in [0.4, 0.5) is 5.69 Å². The van der Waals surface area contributed by atoms with E-state index in [9.17, 15) is 4.79 Å². The van der Waals surface area contributed by atoms with E-state index in [-0.39, 0.29) is 5.91 Å². The molecule has 0 spiro atoms. The van der Waals surface area contributed by atoms with Gasteiger partial charge in [-0.3, -0.25) is 9.69 Å². The van der Waals surface area contributed by atoms with E-state index < -0.39 is 0 Å². The van der Waals surface area contributed by atoms with Gasteiger partial charge < -0.3 is 15.0 Å². The molecule has 5 nitrogen and oxygen atoms in total. The van der Waals surface area contributed by atoms with Crippen LogP contribution < -0.4 is 15.0 Å². The second-order valence-corrected chi connectivity index (χ2v) is 9.92. The number of thiophene rings is 1. The molecule has 1 aliphatic rings. The zero-order valence-electron chi connectivity index (χ0n) is 18.9. The van der Waals surface area contributed by atoms with Crippen molar-refractivity contribution < 1.29 is 9.53 Å². The van der Waals surface area contributed by atoms with Crippen molar-refractivity contribution in [2.75, 3.05) is 44.2 Å².